The third-order valence-electron chi connectivity index (χ3n) is 3.18. The van der Waals surface area contributed by atoms with E-state index >= 15 is 0 Å². The van der Waals surface area contributed by atoms with Crippen LogP contribution in [-0.4, -0.2) is 55.9 Å². The van der Waals surface area contributed by atoms with Crippen LogP contribution >= 0.6 is 0 Å². The van der Waals surface area contributed by atoms with Crippen LogP contribution in [0.15, 0.2) is 0 Å². The van der Waals surface area contributed by atoms with Crippen LogP contribution in [0.5, 0.6) is 0 Å². The summed E-state index contributed by atoms with van der Waals surface area (Å²) in [5, 5.41) is 3.45. The summed E-state index contributed by atoms with van der Waals surface area (Å²) in [6, 6.07) is 0.255. The highest BCUT2D eigenvalue weighted by atomic mass is 28.4. The molecule has 1 saturated heterocycles. The van der Waals surface area contributed by atoms with Gasteiger partial charge in [0.05, 0.1) is 13.2 Å². The normalized spacial score (nSPS) is 24.4. The lowest BCUT2D eigenvalue weighted by Gasteiger charge is -2.38. The lowest BCUT2D eigenvalue weighted by atomic mass is 10.1. The van der Waals surface area contributed by atoms with Crippen molar-refractivity contribution in [2.75, 3.05) is 41.1 Å². The molecule has 0 aliphatic carbocycles. The van der Waals surface area contributed by atoms with Crippen LogP contribution in [-0.2, 0) is 18.0 Å². The van der Waals surface area contributed by atoms with Crippen molar-refractivity contribution in [2.45, 2.75) is 24.9 Å². The zero-order chi connectivity index (χ0) is 12.0. The van der Waals surface area contributed by atoms with Gasteiger partial charge in [0, 0.05) is 39.5 Å². The summed E-state index contributed by atoms with van der Waals surface area (Å²) >= 11 is 0. The summed E-state index contributed by atoms with van der Waals surface area (Å²) in [7, 11) is 2.40. The summed E-state index contributed by atoms with van der Waals surface area (Å²) in [4.78, 5) is 0. The minimum Gasteiger partial charge on any atom is -0.379 e. The number of hydrogen-bond acceptors (Lipinski definition) is 5. The first-order chi connectivity index (χ1) is 7.74. The van der Waals surface area contributed by atoms with E-state index in [-0.39, 0.29) is 11.6 Å². The van der Waals surface area contributed by atoms with E-state index in [1.807, 2.05) is 0 Å². The maximum absolute atomic E-state index is 5.54. The molecule has 5 nitrogen and oxygen atoms in total. The Morgan fingerprint density at radius 1 is 1.31 bits per heavy atom. The van der Waals surface area contributed by atoms with E-state index in [1.54, 1.807) is 21.3 Å². The minimum atomic E-state index is -2.58. The Bertz CT molecular complexity index is 187. The molecule has 0 aromatic rings. The van der Waals surface area contributed by atoms with E-state index in [0.717, 1.165) is 19.6 Å². The second-order valence-electron chi connectivity index (χ2n) is 3.87. The SMILES string of the molecule is CCC(C1COCCN1)[Si](OC)(OC)OC. The van der Waals surface area contributed by atoms with E-state index in [1.165, 1.54) is 0 Å². The highest BCUT2D eigenvalue weighted by molar-refractivity contribution is 6.62. The van der Waals surface area contributed by atoms with Gasteiger partial charge in [-0.2, -0.15) is 0 Å². The van der Waals surface area contributed by atoms with Gasteiger partial charge in [-0.3, -0.25) is 0 Å². The maximum atomic E-state index is 5.54. The molecule has 1 heterocycles. The quantitative estimate of drug-likeness (QED) is 0.700. The lowest BCUT2D eigenvalue weighted by Crippen LogP contribution is -2.57. The number of ether oxygens (including phenoxy) is 1. The van der Waals surface area contributed by atoms with Gasteiger partial charge in [0.2, 0.25) is 0 Å². The van der Waals surface area contributed by atoms with E-state index < -0.39 is 8.80 Å². The van der Waals surface area contributed by atoms with Crippen molar-refractivity contribution < 1.29 is 18.0 Å². The second kappa shape index (κ2) is 6.68. The molecule has 0 bridgehead atoms. The molecular formula is C10H23NO4Si. The largest absolute Gasteiger partial charge is 0.505 e. The molecule has 16 heavy (non-hydrogen) atoms. The number of hydrogen-bond donors (Lipinski definition) is 1. The predicted octanol–water partition coefficient (Wildman–Crippen LogP) is 0.633. The standard InChI is InChI=1S/C10H23NO4Si/c1-5-10(9-8-15-7-6-11-9)16(12-2,13-3)14-4/h9-11H,5-8H2,1-4H3. The summed E-state index contributed by atoms with van der Waals surface area (Å²) < 4.78 is 22.1. The predicted molar refractivity (Wildman–Crippen MR) is 63.4 cm³/mol. The van der Waals surface area contributed by atoms with Crippen molar-refractivity contribution >= 4 is 8.80 Å². The molecule has 0 saturated carbocycles. The van der Waals surface area contributed by atoms with Crippen molar-refractivity contribution in [2.24, 2.45) is 0 Å². The molecular weight excluding hydrogens is 226 g/mol. The third kappa shape index (κ3) is 2.82. The summed E-state index contributed by atoms with van der Waals surface area (Å²) in [6.07, 6.45) is 0.947. The van der Waals surface area contributed by atoms with Crippen LogP contribution in [0.4, 0.5) is 0 Å². The average Bonchev–Trinajstić information content (AvgIpc) is 2.37. The van der Waals surface area contributed by atoms with Gasteiger partial charge in [0.15, 0.2) is 0 Å². The topological polar surface area (TPSA) is 49.0 Å². The fraction of sp³-hybridized carbons (Fsp3) is 1.00. The zero-order valence-electron chi connectivity index (χ0n) is 10.6. The molecule has 1 aliphatic rings. The van der Waals surface area contributed by atoms with Crippen molar-refractivity contribution in [1.82, 2.24) is 5.32 Å². The third-order valence-corrected chi connectivity index (χ3v) is 6.61. The van der Waals surface area contributed by atoms with Gasteiger partial charge < -0.3 is 23.3 Å². The molecule has 2 atom stereocenters. The molecule has 0 radical (unpaired) electrons. The van der Waals surface area contributed by atoms with Crippen LogP contribution in [0.25, 0.3) is 0 Å². The molecule has 1 rings (SSSR count). The van der Waals surface area contributed by atoms with Crippen LogP contribution in [0.2, 0.25) is 5.54 Å². The fourth-order valence-electron chi connectivity index (χ4n) is 2.33. The minimum absolute atomic E-state index is 0.229. The molecule has 0 amide bonds. The van der Waals surface area contributed by atoms with E-state index in [4.69, 9.17) is 18.0 Å². The first-order valence-electron chi connectivity index (χ1n) is 5.70. The van der Waals surface area contributed by atoms with Gasteiger partial charge in [-0.05, 0) is 6.42 Å². The van der Waals surface area contributed by atoms with Crippen molar-refractivity contribution in [1.29, 1.82) is 0 Å². The Labute approximate surface area is 98.8 Å². The molecule has 0 aromatic carbocycles. The second-order valence-corrected chi connectivity index (χ2v) is 7.04. The van der Waals surface area contributed by atoms with E-state index in [0.29, 0.717) is 6.61 Å². The molecule has 0 aromatic heterocycles. The van der Waals surface area contributed by atoms with Crippen LogP contribution in [0, 0.1) is 0 Å². The highest BCUT2D eigenvalue weighted by Gasteiger charge is 2.50. The number of morpholine rings is 1. The first-order valence-corrected chi connectivity index (χ1v) is 7.50. The molecule has 1 aliphatic heterocycles. The van der Waals surface area contributed by atoms with Crippen molar-refractivity contribution in [3.63, 3.8) is 0 Å². The van der Waals surface area contributed by atoms with Crippen LogP contribution < -0.4 is 5.32 Å². The van der Waals surface area contributed by atoms with Gasteiger partial charge >= 0.3 is 8.80 Å². The highest BCUT2D eigenvalue weighted by Crippen LogP contribution is 2.31. The smallest absolute Gasteiger partial charge is 0.379 e. The number of nitrogens with one attached hydrogen (secondary N) is 1. The Hall–Kier alpha value is 0.0169. The fourth-order valence-corrected chi connectivity index (χ4v) is 4.94. The van der Waals surface area contributed by atoms with Gasteiger partial charge in [-0.25, -0.2) is 0 Å². The summed E-state index contributed by atoms with van der Waals surface area (Å²) in [5.74, 6) is 0. The van der Waals surface area contributed by atoms with E-state index in [9.17, 15) is 0 Å². The van der Waals surface area contributed by atoms with Gasteiger partial charge in [0.25, 0.3) is 0 Å². The Balaban J connectivity index is 2.76. The van der Waals surface area contributed by atoms with E-state index in [2.05, 4.69) is 12.2 Å². The van der Waals surface area contributed by atoms with Crippen LogP contribution in [0.1, 0.15) is 13.3 Å². The lowest BCUT2D eigenvalue weighted by molar-refractivity contribution is 0.0502. The first kappa shape index (κ1) is 14.1. The molecule has 2 unspecified atom stereocenters. The average molecular weight is 249 g/mol. The Kier molecular flexibility index (Phi) is 5.88. The van der Waals surface area contributed by atoms with Crippen LogP contribution in [0.3, 0.4) is 0 Å². The van der Waals surface area contributed by atoms with Crippen molar-refractivity contribution in [3.05, 3.63) is 0 Å². The monoisotopic (exact) mass is 249 g/mol. The summed E-state index contributed by atoms with van der Waals surface area (Å²) in [5.41, 5.74) is 0.229. The summed E-state index contributed by atoms with van der Waals surface area (Å²) in [6.45, 7) is 4.47. The molecule has 6 heteroatoms. The molecule has 1 N–H and O–H groups in total. The number of rotatable bonds is 6. The Morgan fingerprint density at radius 3 is 2.31 bits per heavy atom. The zero-order valence-corrected chi connectivity index (χ0v) is 11.6. The molecule has 96 valence electrons. The van der Waals surface area contributed by atoms with Gasteiger partial charge in [-0.15, -0.1) is 0 Å². The van der Waals surface area contributed by atoms with Crippen molar-refractivity contribution in [3.8, 4) is 0 Å². The Morgan fingerprint density at radius 2 is 1.94 bits per heavy atom. The van der Waals surface area contributed by atoms with Gasteiger partial charge in [0.1, 0.15) is 0 Å². The van der Waals surface area contributed by atoms with Gasteiger partial charge in [-0.1, -0.05) is 6.92 Å². The maximum Gasteiger partial charge on any atom is 0.505 e. The molecule has 1 fully saturated rings. The molecule has 0 spiro atoms.